The van der Waals surface area contributed by atoms with E-state index in [9.17, 15) is 4.79 Å². The van der Waals surface area contributed by atoms with Crippen LogP contribution in [0.2, 0.25) is 0 Å². The maximum atomic E-state index is 12.1. The molecule has 0 radical (unpaired) electrons. The van der Waals surface area contributed by atoms with Crippen molar-refractivity contribution in [3.05, 3.63) is 23.8 Å². The van der Waals surface area contributed by atoms with Crippen LogP contribution in [0.15, 0.2) is 18.2 Å². The van der Waals surface area contributed by atoms with Crippen LogP contribution in [0.1, 0.15) is 40.2 Å². The van der Waals surface area contributed by atoms with E-state index in [1.807, 2.05) is 13.8 Å². The highest BCUT2D eigenvalue weighted by Crippen LogP contribution is 2.33. The van der Waals surface area contributed by atoms with Crippen LogP contribution in [-0.2, 0) is 10.2 Å². The standard InChI is InChI=1S/C15H22N2O/c1-14(2,3)10-6-7-11-12(8-10)17-13(18)15(4,5)9-16-11/h6-8,16H,9H2,1-5H3,(H,17,18). The van der Waals surface area contributed by atoms with Gasteiger partial charge in [0, 0.05) is 6.54 Å². The summed E-state index contributed by atoms with van der Waals surface area (Å²) in [5, 5.41) is 6.36. The third kappa shape index (κ3) is 2.35. The highest BCUT2D eigenvalue weighted by Gasteiger charge is 2.31. The third-order valence-corrected chi connectivity index (χ3v) is 3.47. The minimum absolute atomic E-state index is 0.0693. The van der Waals surface area contributed by atoms with E-state index in [1.54, 1.807) is 0 Å². The monoisotopic (exact) mass is 246 g/mol. The molecular weight excluding hydrogens is 224 g/mol. The second-order valence-electron chi connectivity index (χ2n) is 6.70. The summed E-state index contributed by atoms with van der Waals surface area (Å²) in [6, 6.07) is 6.25. The summed E-state index contributed by atoms with van der Waals surface area (Å²) in [7, 11) is 0. The first-order valence-electron chi connectivity index (χ1n) is 6.40. The molecule has 1 aliphatic rings. The Labute approximate surface area is 109 Å². The molecule has 1 amide bonds. The predicted octanol–water partition coefficient (Wildman–Crippen LogP) is 3.37. The van der Waals surface area contributed by atoms with Crippen molar-refractivity contribution in [2.75, 3.05) is 17.2 Å². The van der Waals surface area contributed by atoms with Crippen LogP contribution in [0, 0.1) is 5.41 Å². The van der Waals surface area contributed by atoms with E-state index in [-0.39, 0.29) is 16.7 Å². The third-order valence-electron chi connectivity index (χ3n) is 3.47. The van der Waals surface area contributed by atoms with Gasteiger partial charge < -0.3 is 10.6 Å². The molecule has 0 unspecified atom stereocenters. The molecule has 18 heavy (non-hydrogen) atoms. The Balaban J connectivity index is 2.41. The molecule has 3 nitrogen and oxygen atoms in total. The Hall–Kier alpha value is -1.51. The second-order valence-corrected chi connectivity index (χ2v) is 6.70. The first kappa shape index (κ1) is 12.9. The summed E-state index contributed by atoms with van der Waals surface area (Å²) in [6.45, 7) is 11.1. The van der Waals surface area contributed by atoms with E-state index in [0.717, 1.165) is 11.4 Å². The van der Waals surface area contributed by atoms with Crippen LogP contribution in [0.4, 0.5) is 11.4 Å². The average molecular weight is 246 g/mol. The zero-order chi connectivity index (χ0) is 13.6. The normalized spacial score (nSPS) is 18.4. The van der Waals surface area contributed by atoms with E-state index in [1.165, 1.54) is 5.56 Å². The molecular formula is C15H22N2O. The van der Waals surface area contributed by atoms with Crippen molar-refractivity contribution in [3.63, 3.8) is 0 Å². The van der Waals surface area contributed by atoms with Gasteiger partial charge in [0.05, 0.1) is 16.8 Å². The summed E-state index contributed by atoms with van der Waals surface area (Å²) >= 11 is 0. The average Bonchev–Trinajstić information content (AvgIpc) is 2.35. The van der Waals surface area contributed by atoms with Gasteiger partial charge >= 0.3 is 0 Å². The number of carbonyl (C=O) groups is 1. The van der Waals surface area contributed by atoms with Gasteiger partial charge in [-0.05, 0) is 37.0 Å². The molecule has 1 aliphatic heterocycles. The lowest BCUT2D eigenvalue weighted by molar-refractivity contribution is -0.123. The Bertz CT molecular complexity index is 484. The summed E-state index contributed by atoms with van der Waals surface area (Å²) in [4.78, 5) is 12.1. The zero-order valence-electron chi connectivity index (χ0n) is 11.8. The lowest BCUT2D eigenvalue weighted by atomic mass is 9.86. The molecule has 1 aromatic rings. The molecule has 1 heterocycles. The number of carbonyl (C=O) groups excluding carboxylic acids is 1. The molecule has 1 aromatic carbocycles. The molecule has 0 bridgehead atoms. The Morgan fingerprint density at radius 3 is 2.44 bits per heavy atom. The fourth-order valence-electron chi connectivity index (χ4n) is 1.96. The van der Waals surface area contributed by atoms with Crippen LogP contribution in [0.25, 0.3) is 0 Å². The summed E-state index contributed by atoms with van der Waals surface area (Å²) in [6.07, 6.45) is 0. The van der Waals surface area contributed by atoms with Gasteiger partial charge in [-0.3, -0.25) is 4.79 Å². The maximum absolute atomic E-state index is 12.1. The van der Waals surface area contributed by atoms with Crippen molar-refractivity contribution in [1.29, 1.82) is 0 Å². The Kier molecular flexibility index (Phi) is 2.88. The van der Waals surface area contributed by atoms with Crippen LogP contribution in [-0.4, -0.2) is 12.5 Å². The van der Waals surface area contributed by atoms with Gasteiger partial charge in [-0.1, -0.05) is 26.8 Å². The number of hydrogen-bond acceptors (Lipinski definition) is 2. The molecule has 0 atom stereocenters. The van der Waals surface area contributed by atoms with Gasteiger partial charge in [0.25, 0.3) is 0 Å². The summed E-state index contributed by atoms with van der Waals surface area (Å²) < 4.78 is 0. The van der Waals surface area contributed by atoms with Crippen molar-refractivity contribution in [2.24, 2.45) is 5.41 Å². The SMILES string of the molecule is CC1(C)CNc2ccc(C(C)(C)C)cc2NC1=O. The van der Waals surface area contributed by atoms with Crippen molar-refractivity contribution in [3.8, 4) is 0 Å². The summed E-state index contributed by atoms with van der Waals surface area (Å²) in [5.41, 5.74) is 2.81. The first-order chi connectivity index (χ1) is 8.20. The van der Waals surface area contributed by atoms with Crippen LogP contribution in [0.5, 0.6) is 0 Å². The van der Waals surface area contributed by atoms with Gasteiger partial charge in [-0.2, -0.15) is 0 Å². The Morgan fingerprint density at radius 2 is 1.83 bits per heavy atom. The second kappa shape index (κ2) is 4.01. The lowest BCUT2D eigenvalue weighted by Crippen LogP contribution is -2.34. The fraction of sp³-hybridized carbons (Fsp3) is 0.533. The minimum atomic E-state index is -0.388. The molecule has 98 valence electrons. The van der Waals surface area contributed by atoms with E-state index in [4.69, 9.17) is 0 Å². The van der Waals surface area contributed by atoms with Crippen LogP contribution in [0.3, 0.4) is 0 Å². The maximum Gasteiger partial charge on any atom is 0.231 e. The molecule has 2 N–H and O–H groups in total. The quantitative estimate of drug-likeness (QED) is 0.737. The van der Waals surface area contributed by atoms with Crippen LogP contribution >= 0.6 is 0 Å². The Morgan fingerprint density at radius 1 is 1.17 bits per heavy atom. The number of rotatable bonds is 0. The molecule has 3 heteroatoms. The van der Waals surface area contributed by atoms with E-state index in [0.29, 0.717) is 6.54 Å². The van der Waals surface area contributed by atoms with Gasteiger partial charge in [-0.25, -0.2) is 0 Å². The van der Waals surface area contributed by atoms with Gasteiger partial charge in [0.1, 0.15) is 0 Å². The van der Waals surface area contributed by atoms with Crippen molar-refractivity contribution in [1.82, 2.24) is 0 Å². The highest BCUT2D eigenvalue weighted by atomic mass is 16.2. The van der Waals surface area contributed by atoms with Gasteiger partial charge in [-0.15, -0.1) is 0 Å². The lowest BCUT2D eigenvalue weighted by Gasteiger charge is -2.21. The molecule has 2 rings (SSSR count). The number of benzene rings is 1. The first-order valence-corrected chi connectivity index (χ1v) is 6.40. The molecule has 0 aromatic heterocycles. The fourth-order valence-corrected chi connectivity index (χ4v) is 1.96. The van der Waals surface area contributed by atoms with Crippen LogP contribution < -0.4 is 10.6 Å². The molecule has 0 spiro atoms. The summed E-state index contributed by atoms with van der Waals surface area (Å²) in [5.74, 6) is 0.0693. The smallest absolute Gasteiger partial charge is 0.231 e. The van der Waals surface area contributed by atoms with Crippen molar-refractivity contribution >= 4 is 17.3 Å². The molecule has 0 saturated carbocycles. The van der Waals surface area contributed by atoms with E-state index >= 15 is 0 Å². The van der Waals surface area contributed by atoms with E-state index in [2.05, 4.69) is 49.6 Å². The van der Waals surface area contributed by atoms with E-state index < -0.39 is 0 Å². The van der Waals surface area contributed by atoms with Crippen molar-refractivity contribution < 1.29 is 4.79 Å². The number of amides is 1. The van der Waals surface area contributed by atoms with Gasteiger partial charge in [0.15, 0.2) is 0 Å². The zero-order valence-corrected chi connectivity index (χ0v) is 11.8. The predicted molar refractivity (Wildman–Crippen MR) is 76.0 cm³/mol. The van der Waals surface area contributed by atoms with Crippen molar-refractivity contribution in [2.45, 2.75) is 40.0 Å². The van der Waals surface area contributed by atoms with Gasteiger partial charge in [0.2, 0.25) is 5.91 Å². The number of fused-ring (bicyclic) bond motifs is 1. The topological polar surface area (TPSA) is 41.1 Å². The molecule has 0 saturated heterocycles. The largest absolute Gasteiger partial charge is 0.382 e. The number of anilines is 2. The number of hydrogen-bond donors (Lipinski definition) is 2. The number of nitrogens with one attached hydrogen (secondary N) is 2. The molecule has 0 aliphatic carbocycles. The minimum Gasteiger partial charge on any atom is -0.382 e. The molecule has 0 fully saturated rings. The highest BCUT2D eigenvalue weighted by molar-refractivity contribution is 5.99.